The largest absolute Gasteiger partial charge is 0.439 e. The van der Waals surface area contributed by atoms with Crippen molar-refractivity contribution in [1.82, 2.24) is 4.98 Å². The molecule has 0 unspecified atom stereocenters. The molecule has 0 aliphatic heterocycles. The van der Waals surface area contributed by atoms with Gasteiger partial charge in [0.15, 0.2) is 11.6 Å². The summed E-state index contributed by atoms with van der Waals surface area (Å²) >= 11 is 0. The predicted octanol–water partition coefficient (Wildman–Crippen LogP) is 2.64. The lowest BCUT2D eigenvalue weighted by Crippen LogP contribution is -1.92. The lowest BCUT2D eigenvalue weighted by Gasteiger charge is -2.05. The molecule has 0 atom stereocenters. The van der Waals surface area contributed by atoms with Crippen molar-refractivity contribution in [1.29, 1.82) is 0 Å². The molecule has 0 bridgehead atoms. The first kappa shape index (κ1) is 11.5. The van der Waals surface area contributed by atoms with Crippen LogP contribution in [0.3, 0.4) is 0 Å². The van der Waals surface area contributed by atoms with Crippen LogP contribution in [-0.4, -0.2) is 10.1 Å². The van der Waals surface area contributed by atoms with E-state index in [0.717, 1.165) is 12.1 Å². The zero-order valence-corrected chi connectivity index (χ0v) is 8.73. The molecule has 0 spiro atoms. The second-order valence-corrected chi connectivity index (χ2v) is 3.34. The number of aliphatic hydroxyl groups excluding tert-OH is 1. The number of pyridine rings is 1. The lowest BCUT2D eigenvalue weighted by molar-refractivity contribution is 0.281. The fourth-order valence-electron chi connectivity index (χ4n) is 1.27. The molecule has 3 nitrogen and oxygen atoms in total. The molecule has 5 heteroatoms. The Morgan fingerprint density at radius 1 is 1.12 bits per heavy atom. The summed E-state index contributed by atoms with van der Waals surface area (Å²) in [6.07, 6.45) is 1.46. The molecule has 1 aromatic carbocycles. The number of ether oxygens (including phenoxy) is 1. The van der Waals surface area contributed by atoms with Crippen LogP contribution in [0.15, 0.2) is 36.5 Å². The number of benzene rings is 1. The molecular formula is C12H9F2NO2. The highest BCUT2D eigenvalue weighted by Crippen LogP contribution is 2.21. The first-order chi connectivity index (χ1) is 8.19. The molecule has 0 radical (unpaired) electrons. The minimum atomic E-state index is -0.985. The Labute approximate surface area is 96.3 Å². The van der Waals surface area contributed by atoms with Crippen LogP contribution in [0.25, 0.3) is 0 Å². The highest BCUT2D eigenvalue weighted by atomic mass is 19.2. The second-order valence-electron chi connectivity index (χ2n) is 3.34. The van der Waals surface area contributed by atoms with Crippen LogP contribution >= 0.6 is 0 Å². The van der Waals surface area contributed by atoms with Gasteiger partial charge in [-0.05, 0) is 23.8 Å². The maximum absolute atomic E-state index is 12.9. The molecule has 17 heavy (non-hydrogen) atoms. The van der Waals surface area contributed by atoms with E-state index >= 15 is 0 Å². The van der Waals surface area contributed by atoms with Crippen molar-refractivity contribution in [2.75, 3.05) is 0 Å². The normalized spacial score (nSPS) is 10.3. The fraction of sp³-hybridized carbons (Fsp3) is 0.0833. The van der Waals surface area contributed by atoms with Crippen molar-refractivity contribution in [2.24, 2.45) is 0 Å². The van der Waals surface area contributed by atoms with Crippen molar-refractivity contribution >= 4 is 0 Å². The van der Waals surface area contributed by atoms with Gasteiger partial charge in [-0.2, -0.15) is 0 Å². The molecule has 0 amide bonds. The first-order valence-corrected chi connectivity index (χ1v) is 4.88. The fourth-order valence-corrected chi connectivity index (χ4v) is 1.27. The van der Waals surface area contributed by atoms with Gasteiger partial charge in [-0.15, -0.1) is 0 Å². The van der Waals surface area contributed by atoms with Crippen molar-refractivity contribution in [3.8, 4) is 11.6 Å². The Bertz CT molecular complexity index is 532. The van der Waals surface area contributed by atoms with Crippen LogP contribution in [0.4, 0.5) is 8.78 Å². The molecule has 0 fully saturated rings. The quantitative estimate of drug-likeness (QED) is 0.892. The number of halogens is 2. The van der Waals surface area contributed by atoms with Crippen molar-refractivity contribution in [3.63, 3.8) is 0 Å². The van der Waals surface area contributed by atoms with Crippen LogP contribution in [0, 0.1) is 11.6 Å². The zero-order valence-electron chi connectivity index (χ0n) is 8.73. The predicted molar refractivity (Wildman–Crippen MR) is 56.6 cm³/mol. The summed E-state index contributed by atoms with van der Waals surface area (Å²) in [7, 11) is 0. The smallest absolute Gasteiger partial charge is 0.219 e. The summed E-state index contributed by atoms with van der Waals surface area (Å²) in [6.45, 7) is -0.142. The van der Waals surface area contributed by atoms with E-state index in [1.807, 2.05) is 0 Å². The Hall–Kier alpha value is -2.01. The molecule has 1 aromatic heterocycles. The first-order valence-electron chi connectivity index (χ1n) is 4.88. The third kappa shape index (κ3) is 2.76. The number of hydrogen-bond donors (Lipinski definition) is 1. The molecule has 1 heterocycles. The Balaban J connectivity index is 2.22. The van der Waals surface area contributed by atoms with Crippen molar-refractivity contribution in [3.05, 3.63) is 53.7 Å². The Morgan fingerprint density at radius 3 is 2.65 bits per heavy atom. The van der Waals surface area contributed by atoms with Crippen LogP contribution in [0.2, 0.25) is 0 Å². The molecule has 88 valence electrons. The monoisotopic (exact) mass is 237 g/mol. The minimum absolute atomic E-state index is 0.142. The highest BCUT2D eigenvalue weighted by Gasteiger charge is 2.05. The molecule has 0 saturated carbocycles. The van der Waals surface area contributed by atoms with Gasteiger partial charge >= 0.3 is 0 Å². The number of nitrogens with zero attached hydrogens (tertiary/aromatic N) is 1. The molecule has 2 rings (SSSR count). The summed E-state index contributed by atoms with van der Waals surface area (Å²) in [4.78, 5) is 3.89. The summed E-state index contributed by atoms with van der Waals surface area (Å²) < 4.78 is 30.8. The van der Waals surface area contributed by atoms with Gasteiger partial charge in [-0.1, -0.05) is 0 Å². The Kier molecular flexibility index (Phi) is 3.30. The summed E-state index contributed by atoms with van der Waals surface area (Å²) in [5, 5.41) is 8.92. The van der Waals surface area contributed by atoms with Gasteiger partial charge in [0.2, 0.25) is 5.88 Å². The van der Waals surface area contributed by atoms with E-state index in [9.17, 15) is 8.78 Å². The van der Waals surface area contributed by atoms with Gasteiger partial charge in [-0.3, -0.25) is 0 Å². The summed E-state index contributed by atoms with van der Waals surface area (Å²) in [6, 6.07) is 6.34. The molecule has 2 aromatic rings. The average Bonchev–Trinajstić information content (AvgIpc) is 2.34. The van der Waals surface area contributed by atoms with E-state index in [1.165, 1.54) is 18.3 Å². The van der Waals surface area contributed by atoms with Gasteiger partial charge in [0.1, 0.15) is 5.75 Å². The van der Waals surface area contributed by atoms with Crippen LogP contribution in [-0.2, 0) is 6.61 Å². The number of aromatic nitrogens is 1. The topological polar surface area (TPSA) is 42.4 Å². The molecule has 0 aliphatic carbocycles. The zero-order chi connectivity index (χ0) is 12.3. The molecule has 0 saturated heterocycles. The van der Waals surface area contributed by atoms with Gasteiger partial charge in [-0.25, -0.2) is 13.8 Å². The van der Waals surface area contributed by atoms with E-state index < -0.39 is 11.6 Å². The maximum Gasteiger partial charge on any atom is 0.219 e. The number of aliphatic hydroxyl groups is 1. The number of hydrogen-bond acceptors (Lipinski definition) is 3. The summed E-state index contributed by atoms with van der Waals surface area (Å²) in [5.74, 6) is -1.57. The molecular weight excluding hydrogens is 228 g/mol. The lowest BCUT2D eigenvalue weighted by atomic mass is 10.3. The van der Waals surface area contributed by atoms with E-state index in [1.54, 1.807) is 6.07 Å². The highest BCUT2D eigenvalue weighted by molar-refractivity contribution is 5.29. The van der Waals surface area contributed by atoms with E-state index in [4.69, 9.17) is 9.84 Å². The second kappa shape index (κ2) is 4.88. The van der Waals surface area contributed by atoms with Crippen molar-refractivity contribution in [2.45, 2.75) is 6.61 Å². The van der Waals surface area contributed by atoms with Gasteiger partial charge < -0.3 is 9.84 Å². The SMILES string of the molecule is OCc1ccnc(Oc2ccc(F)c(F)c2)c1. The van der Waals surface area contributed by atoms with Gasteiger partial charge in [0.25, 0.3) is 0 Å². The van der Waals surface area contributed by atoms with Gasteiger partial charge in [0.05, 0.1) is 6.61 Å². The molecule has 1 N–H and O–H groups in total. The number of rotatable bonds is 3. The van der Waals surface area contributed by atoms with Crippen LogP contribution in [0.5, 0.6) is 11.6 Å². The van der Waals surface area contributed by atoms with Crippen molar-refractivity contribution < 1.29 is 18.6 Å². The summed E-state index contributed by atoms with van der Waals surface area (Å²) in [5.41, 5.74) is 0.623. The maximum atomic E-state index is 12.9. The van der Waals surface area contributed by atoms with E-state index in [2.05, 4.69) is 4.98 Å². The van der Waals surface area contributed by atoms with Crippen LogP contribution < -0.4 is 4.74 Å². The third-order valence-corrected chi connectivity index (χ3v) is 2.10. The third-order valence-electron chi connectivity index (χ3n) is 2.10. The molecule has 0 aliphatic rings. The Morgan fingerprint density at radius 2 is 1.94 bits per heavy atom. The minimum Gasteiger partial charge on any atom is -0.439 e. The van der Waals surface area contributed by atoms with Crippen LogP contribution in [0.1, 0.15) is 5.56 Å². The average molecular weight is 237 g/mol. The van der Waals surface area contributed by atoms with Gasteiger partial charge in [0, 0.05) is 18.3 Å². The standard InChI is InChI=1S/C12H9F2NO2/c13-10-2-1-9(6-11(10)14)17-12-5-8(7-16)3-4-15-12/h1-6,16H,7H2. The van der Waals surface area contributed by atoms with E-state index in [0.29, 0.717) is 5.56 Å². The van der Waals surface area contributed by atoms with E-state index in [-0.39, 0.29) is 18.2 Å².